The van der Waals surface area contributed by atoms with E-state index in [1.165, 1.54) is 23.1 Å². The molecule has 2 aromatic heterocycles. The second-order valence-electron chi connectivity index (χ2n) is 9.24. The van der Waals surface area contributed by atoms with Crippen LogP contribution in [0.1, 0.15) is 45.1 Å². The first-order valence-corrected chi connectivity index (χ1v) is 15.2. The molecule has 1 aliphatic heterocycles. The van der Waals surface area contributed by atoms with E-state index in [-0.39, 0.29) is 11.7 Å². The molecule has 1 aliphatic rings. The first kappa shape index (κ1) is 28.2. The fourth-order valence-electron chi connectivity index (χ4n) is 4.32. The van der Waals surface area contributed by atoms with Crippen molar-refractivity contribution in [2.24, 2.45) is 4.99 Å². The van der Waals surface area contributed by atoms with Gasteiger partial charge >= 0.3 is 5.97 Å². The monoisotopic (exact) mass is 638 g/mol. The molecule has 0 amide bonds. The zero-order valence-corrected chi connectivity index (χ0v) is 25.6. The maximum absolute atomic E-state index is 13.9. The molecule has 0 fully saturated rings. The quantitative estimate of drug-likeness (QED) is 0.217. The Balaban J connectivity index is 1.60. The molecule has 0 N–H and O–H groups in total. The maximum Gasteiger partial charge on any atom is 0.338 e. The minimum Gasteiger partial charge on any atom is -0.494 e. The van der Waals surface area contributed by atoms with Gasteiger partial charge in [0.05, 0.1) is 39.0 Å². The normalized spacial score (nSPS) is 15.2. The van der Waals surface area contributed by atoms with Crippen LogP contribution >= 0.6 is 39.0 Å². The van der Waals surface area contributed by atoms with Crippen molar-refractivity contribution in [3.8, 4) is 5.75 Å². The summed E-state index contributed by atoms with van der Waals surface area (Å²) >= 11 is 6.31. The lowest BCUT2D eigenvalue weighted by molar-refractivity contribution is -0.143. The van der Waals surface area contributed by atoms with Gasteiger partial charge in [-0.25, -0.2) is 9.79 Å². The molecular weight excluding hydrogens is 612 g/mol. The van der Waals surface area contributed by atoms with Gasteiger partial charge in [-0.2, -0.15) is 0 Å². The number of carbonyl (C=O) groups is 1. The highest BCUT2D eigenvalue weighted by molar-refractivity contribution is 9.10. The van der Waals surface area contributed by atoms with Crippen molar-refractivity contribution < 1.29 is 18.7 Å². The van der Waals surface area contributed by atoms with Gasteiger partial charge in [0.15, 0.2) is 9.89 Å². The summed E-state index contributed by atoms with van der Waals surface area (Å²) in [5.74, 6) is 0.739. The Morgan fingerprint density at radius 3 is 2.60 bits per heavy atom. The fraction of sp³-hybridized carbons (Fsp3) is 0.233. The molecular formula is C30H27BrN2O5S2. The molecule has 0 saturated carbocycles. The van der Waals surface area contributed by atoms with Crippen molar-refractivity contribution in [3.05, 3.63) is 107 Å². The first-order chi connectivity index (χ1) is 19.2. The molecule has 3 heterocycles. The number of benzene rings is 2. The Kier molecular flexibility index (Phi) is 8.48. The molecule has 0 unspecified atom stereocenters. The number of nitrogens with zero attached hydrogens (tertiary/aromatic N) is 2. The fourth-order valence-corrected chi connectivity index (χ4v) is 6.70. The van der Waals surface area contributed by atoms with Gasteiger partial charge in [-0.3, -0.25) is 9.36 Å². The smallest absolute Gasteiger partial charge is 0.338 e. The molecule has 4 aromatic rings. The maximum atomic E-state index is 13.9. The van der Waals surface area contributed by atoms with Crippen molar-refractivity contribution in [2.45, 2.75) is 49.8 Å². The van der Waals surface area contributed by atoms with Crippen LogP contribution in [0.2, 0.25) is 0 Å². The van der Waals surface area contributed by atoms with Crippen molar-refractivity contribution >= 4 is 51.1 Å². The molecule has 5 rings (SSSR count). The minimum atomic E-state index is -0.701. The molecule has 40 heavy (non-hydrogen) atoms. The summed E-state index contributed by atoms with van der Waals surface area (Å²) in [6.45, 7) is 7.81. The van der Waals surface area contributed by atoms with Crippen LogP contribution in [-0.2, 0) is 9.53 Å². The van der Waals surface area contributed by atoms with Gasteiger partial charge in [0.1, 0.15) is 11.5 Å². The summed E-state index contributed by atoms with van der Waals surface area (Å²) < 4.78 is 20.0. The van der Waals surface area contributed by atoms with Gasteiger partial charge in [0.25, 0.3) is 5.56 Å². The zero-order valence-electron chi connectivity index (χ0n) is 22.3. The first-order valence-electron chi connectivity index (χ1n) is 12.7. The third-order valence-corrected chi connectivity index (χ3v) is 8.82. The number of fused-ring (bicyclic) bond motifs is 1. The van der Waals surface area contributed by atoms with Gasteiger partial charge < -0.3 is 13.9 Å². The van der Waals surface area contributed by atoms with Crippen LogP contribution in [0.5, 0.6) is 5.75 Å². The minimum absolute atomic E-state index is 0.269. The van der Waals surface area contributed by atoms with Gasteiger partial charge in [0.2, 0.25) is 0 Å². The molecule has 0 aliphatic carbocycles. The van der Waals surface area contributed by atoms with E-state index in [9.17, 15) is 9.59 Å². The van der Waals surface area contributed by atoms with Gasteiger partial charge in [0, 0.05) is 11.0 Å². The lowest BCUT2D eigenvalue weighted by Gasteiger charge is -2.25. The van der Waals surface area contributed by atoms with E-state index >= 15 is 0 Å². The summed E-state index contributed by atoms with van der Waals surface area (Å²) in [6.07, 6.45) is 1.39. The predicted molar refractivity (Wildman–Crippen MR) is 160 cm³/mol. The average Bonchev–Trinajstić information content (AvgIpc) is 3.41. The van der Waals surface area contributed by atoms with Crippen LogP contribution < -0.4 is 19.6 Å². The van der Waals surface area contributed by atoms with Crippen molar-refractivity contribution in [1.82, 2.24) is 4.57 Å². The summed E-state index contributed by atoms with van der Waals surface area (Å²) in [5, 5.41) is 0.687. The van der Waals surface area contributed by atoms with E-state index < -0.39 is 12.0 Å². The van der Waals surface area contributed by atoms with Crippen LogP contribution in [0.4, 0.5) is 0 Å². The highest BCUT2D eigenvalue weighted by Gasteiger charge is 2.33. The van der Waals surface area contributed by atoms with Crippen LogP contribution in [0, 0.1) is 0 Å². The topological polar surface area (TPSA) is 83.0 Å². The molecule has 0 spiro atoms. The zero-order chi connectivity index (χ0) is 28.4. The Morgan fingerprint density at radius 1 is 1.20 bits per heavy atom. The highest BCUT2D eigenvalue weighted by Crippen LogP contribution is 2.36. The molecule has 2 aromatic carbocycles. The number of hydrogen-bond donors (Lipinski definition) is 0. The van der Waals surface area contributed by atoms with Crippen molar-refractivity contribution in [3.63, 3.8) is 0 Å². The predicted octanol–water partition coefficient (Wildman–Crippen LogP) is 6.09. The molecule has 1 atom stereocenters. The van der Waals surface area contributed by atoms with Crippen LogP contribution in [0.3, 0.4) is 0 Å². The van der Waals surface area contributed by atoms with E-state index in [1.54, 1.807) is 31.4 Å². The highest BCUT2D eigenvalue weighted by atomic mass is 79.9. The summed E-state index contributed by atoms with van der Waals surface area (Å²) in [4.78, 5) is 33.3. The summed E-state index contributed by atoms with van der Waals surface area (Å²) in [6, 6.07) is 18.4. The van der Waals surface area contributed by atoms with Gasteiger partial charge in [-0.05, 0) is 79.5 Å². The number of hydrogen-bond acceptors (Lipinski definition) is 8. The van der Waals surface area contributed by atoms with E-state index in [0.29, 0.717) is 43.8 Å². The molecule has 7 nitrogen and oxygen atoms in total. The average molecular weight is 640 g/mol. The van der Waals surface area contributed by atoms with Crippen LogP contribution in [0.25, 0.3) is 6.08 Å². The largest absolute Gasteiger partial charge is 0.494 e. The lowest BCUT2D eigenvalue weighted by Crippen LogP contribution is -2.40. The van der Waals surface area contributed by atoms with E-state index in [1.807, 2.05) is 67.6 Å². The van der Waals surface area contributed by atoms with Crippen molar-refractivity contribution in [2.75, 3.05) is 6.61 Å². The van der Waals surface area contributed by atoms with E-state index in [4.69, 9.17) is 13.9 Å². The van der Waals surface area contributed by atoms with Crippen LogP contribution in [0.15, 0.2) is 101 Å². The molecule has 206 valence electrons. The Morgan fingerprint density at radius 2 is 1.93 bits per heavy atom. The Labute approximate surface area is 248 Å². The van der Waals surface area contributed by atoms with Crippen molar-refractivity contribution in [1.29, 1.82) is 0 Å². The van der Waals surface area contributed by atoms with Gasteiger partial charge in [-0.15, -0.1) is 0 Å². The molecule has 0 radical (unpaired) electrons. The van der Waals surface area contributed by atoms with E-state index in [2.05, 4.69) is 20.9 Å². The molecule has 0 saturated heterocycles. The number of thiazole rings is 1. The summed E-state index contributed by atoms with van der Waals surface area (Å²) in [5.41, 5.74) is 1.33. The second-order valence-corrected chi connectivity index (χ2v) is 12.1. The molecule has 10 heteroatoms. The number of carbonyl (C=O) groups excluding carboxylic acids is 1. The number of allylic oxidation sites excluding steroid dienone is 1. The standard InChI is InChI=1S/C30H27BrN2O5S2/c1-5-36-20-13-11-19(12-14-20)26-25(28(35)37-17(2)3)18(4)32-30-33(26)27(34)24(40-30)16-21-15-23(31)29(38-21)39-22-9-7-6-8-10-22/h6-17,26H,5H2,1-4H3/b24-16+/t26-/m0/s1. The Hall–Kier alpha value is -3.34. The number of rotatable bonds is 8. The van der Waals surface area contributed by atoms with E-state index in [0.717, 1.165) is 14.9 Å². The Bertz CT molecular complexity index is 1750. The second kappa shape index (κ2) is 12.0. The number of furan rings is 1. The van der Waals surface area contributed by atoms with Gasteiger partial charge in [-0.1, -0.05) is 53.4 Å². The number of ether oxygens (including phenoxy) is 2. The molecule has 0 bridgehead atoms. The number of esters is 1. The van der Waals surface area contributed by atoms with Crippen LogP contribution in [-0.4, -0.2) is 23.2 Å². The third kappa shape index (κ3) is 5.89. The number of halogens is 1. The third-order valence-electron chi connectivity index (χ3n) is 5.99. The number of aromatic nitrogens is 1. The SMILES string of the molecule is CCOc1ccc([C@H]2C(C(=O)OC(C)C)=C(C)N=c3s/c(=C/c4cc(Br)c(Sc5ccccc5)o4)c(=O)n32)cc1. The summed E-state index contributed by atoms with van der Waals surface area (Å²) in [7, 11) is 0. The lowest BCUT2D eigenvalue weighted by atomic mass is 9.96.